The third-order valence-electron chi connectivity index (χ3n) is 2.75. The minimum atomic E-state index is -0.168. The topological polar surface area (TPSA) is 48.1 Å². The first-order valence-electron chi connectivity index (χ1n) is 5.69. The van der Waals surface area contributed by atoms with E-state index in [2.05, 4.69) is 4.98 Å². The van der Waals surface area contributed by atoms with E-state index in [1.54, 1.807) is 19.4 Å². The Bertz CT molecular complexity index is 516. The van der Waals surface area contributed by atoms with Crippen LogP contribution in [0.1, 0.15) is 17.3 Å². The number of hydrogen-bond acceptors (Lipinski definition) is 3. The SMILES string of the molecule is COc1ccc(Cl)cc1CC(N)c1ccccn1. The van der Waals surface area contributed by atoms with Crippen LogP contribution in [0.3, 0.4) is 0 Å². The summed E-state index contributed by atoms with van der Waals surface area (Å²) in [4.78, 5) is 4.25. The molecule has 2 aromatic rings. The average molecular weight is 263 g/mol. The van der Waals surface area contributed by atoms with E-state index in [4.69, 9.17) is 22.1 Å². The number of aromatic nitrogens is 1. The Balaban J connectivity index is 2.21. The molecule has 0 aliphatic heterocycles. The van der Waals surface area contributed by atoms with Crippen LogP contribution >= 0.6 is 11.6 Å². The van der Waals surface area contributed by atoms with Crippen molar-refractivity contribution in [1.29, 1.82) is 0 Å². The lowest BCUT2D eigenvalue weighted by atomic mass is 10.0. The van der Waals surface area contributed by atoms with E-state index in [0.717, 1.165) is 17.0 Å². The van der Waals surface area contributed by atoms with Gasteiger partial charge in [-0.1, -0.05) is 17.7 Å². The number of hydrogen-bond donors (Lipinski definition) is 1. The molecule has 94 valence electrons. The summed E-state index contributed by atoms with van der Waals surface area (Å²) in [5.41, 5.74) is 7.99. The molecule has 0 spiro atoms. The van der Waals surface area contributed by atoms with Gasteiger partial charge in [-0.25, -0.2) is 0 Å². The number of rotatable bonds is 4. The number of nitrogens with two attached hydrogens (primary N) is 1. The summed E-state index contributed by atoms with van der Waals surface area (Å²) in [6.07, 6.45) is 2.38. The van der Waals surface area contributed by atoms with Crippen LogP contribution in [0, 0.1) is 0 Å². The fourth-order valence-electron chi connectivity index (χ4n) is 1.84. The minimum Gasteiger partial charge on any atom is -0.496 e. The summed E-state index contributed by atoms with van der Waals surface area (Å²) in [6, 6.07) is 11.1. The van der Waals surface area contributed by atoms with Crippen LogP contribution in [-0.2, 0) is 6.42 Å². The Kier molecular flexibility index (Phi) is 4.18. The first-order valence-corrected chi connectivity index (χ1v) is 6.07. The molecule has 0 radical (unpaired) electrons. The second kappa shape index (κ2) is 5.85. The summed E-state index contributed by atoms with van der Waals surface area (Å²) in [5, 5.41) is 0.680. The van der Waals surface area contributed by atoms with Gasteiger partial charge in [0.05, 0.1) is 18.8 Å². The maximum absolute atomic E-state index is 6.14. The number of pyridine rings is 1. The standard InChI is InChI=1S/C14H15ClN2O/c1-18-14-6-5-11(15)8-10(14)9-12(16)13-4-2-3-7-17-13/h2-8,12H,9,16H2,1H3. The molecule has 1 aromatic carbocycles. The molecule has 0 amide bonds. The number of halogens is 1. The summed E-state index contributed by atoms with van der Waals surface area (Å²) < 4.78 is 5.30. The van der Waals surface area contributed by atoms with Crippen molar-refractivity contribution in [3.05, 3.63) is 58.9 Å². The van der Waals surface area contributed by atoms with Gasteiger partial charge in [0.1, 0.15) is 5.75 Å². The van der Waals surface area contributed by atoms with Crippen molar-refractivity contribution in [1.82, 2.24) is 4.98 Å². The molecular formula is C14H15ClN2O. The molecule has 0 aliphatic rings. The molecule has 1 aromatic heterocycles. The molecule has 0 aliphatic carbocycles. The van der Waals surface area contributed by atoms with Crippen molar-refractivity contribution in [2.45, 2.75) is 12.5 Å². The summed E-state index contributed by atoms with van der Waals surface area (Å²) >= 11 is 5.99. The van der Waals surface area contributed by atoms with E-state index in [-0.39, 0.29) is 6.04 Å². The van der Waals surface area contributed by atoms with Crippen LogP contribution < -0.4 is 10.5 Å². The first-order chi connectivity index (χ1) is 8.70. The molecule has 2 rings (SSSR count). The van der Waals surface area contributed by atoms with Crippen molar-refractivity contribution in [2.24, 2.45) is 5.73 Å². The number of methoxy groups -OCH3 is 1. The summed E-state index contributed by atoms with van der Waals surface area (Å²) in [7, 11) is 1.64. The maximum Gasteiger partial charge on any atom is 0.122 e. The molecule has 0 saturated carbocycles. The van der Waals surface area contributed by atoms with Gasteiger partial charge in [-0.3, -0.25) is 4.98 Å². The average Bonchev–Trinajstić information content (AvgIpc) is 2.40. The second-order valence-corrected chi connectivity index (χ2v) is 4.46. The molecule has 0 bridgehead atoms. The first kappa shape index (κ1) is 12.9. The molecule has 2 N–H and O–H groups in total. The normalized spacial score (nSPS) is 12.2. The highest BCUT2D eigenvalue weighted by Gasteiger charge is 2.12. The van der Waals surface area contributed by atoms with Gasteiger partial charge < -0.3 is 10.5 Å². The third-order valence-corrected chi connectivity index (χ3v) is 2.99. The molecule has 1 unspecified atom stereocenters. The zero-order valence-electron chi connectivity index (χ0n) is 10.1. The highest BCUT2D eigenvalue weighted by molar-refractivity contribution is 6.30. The van der Waals surface area contributed by atoms with E-state index in [1.165, 1.54) is 0 Å². The van der Waals surface area contributed by atoms with Crippen LogP contribution in [0.15, 0.2) is 42.6 Å². The zero-order chi connectivity index (χ0) is 13.0. The van der Waals surface area contributed by atoms with Crippen molar-refractivity contribution < 1.29 is 4.74 Å². The lowest BCUT2D eigenvalue weighted by Gasteiger charge is -2.14. The quantitative estimate of drug-likeness (QED) is 0.922. The summed E-state index contributed by atoms with van der Waals surface area (Å²) in [5.74, 6) is 0.797. The van der Waals surface area contributed by atoms with Crippen LogP contribution in [0.4, 0.5) is 0 Å². The fourth-order valence-corrected chi connectivity index (χ4v) is 2.04. The van der Waals surface area contributed by atoms with Gasteiger partial charge in [-0.2, -0.15) is 0 Å². The molecule has 1 heterocycles. The van der Waals surface area contributed by atoms with Gasteiger partial charge in [0.25, 0.3) is 0 Å². The van der Waals surface area contributed by atoms with E-state index >= 15 is 0 Å². The van der Waals surface area contributed by atoms with Crippen molar-refractivity contribution >= 4 is 11.6 Å². The predicted octanol–water partition coefficient (Wildman–Crippen LogP) is 2.99. The van der Waals surface area contributed by atoms with Crippen molar-refractivity contribution in [3.8, 4) is 5.75 Å². The van der Waals surface area contributed by atoms with Gasteiger partial charge in [-0.15, -0.1) is 0 Å². The van der Waals surface area contributed by atoms with Gasteiger partial charge >= 0.3 is 0 Å². The van der Waals surface area contributed by atoms with E-state index in [1.807, 2.05) is 30.3 Å². The lowest BCUT2D eigenvalue weighted by molar-refractivity contribution is 0.408. The fraction of sp³-hybridized carbons (Fsp3) is 0.214. The number of nitrogens with zero attached hydrogens (tertiary/aromatic N) is 1. The van der Waals surface area contributed by atoms with E-state index < -0.39 is 0 Å². The van der Waals surface area contributed by atoms with Gasteiger partial charge in [0.2, 0.25) is 0 Å². The Morgan fingerprint density at radius 3 is 2.83 bits per heavy atom. The van der Waals surface area contributed by atoms with Crippen LogP contribution in [0.5, 0.6) is 5.75 Å². The van der Waals surface area contributed by atoms with Crippen LogP contribution in [0.2, 0.25) is 5.02 Å². The zero-order valence-corrected chi connectivity index (χ0v) is 10.9. The minimum absolute atomic E-state index is 0.168. The summed E-state index contributed by atoms with van der Waals surface area (Å²) in [6.45, 7) is 0. The van der Waals surface area contributed by atoms with Crippen LogP contribution in [0.25, 0.3) is 0 Å². The molecule has 4 heteroatoms. The number of benzene rings is 1. The maximum atomic E-state index is 6.14. The van der Waals surface area contributed by atoms with E-state index in [0.29, 0.717) is 11.4 Å². The van der Waals surface area contributed by atoms with Gasteiger partial charge in [0, 0.05) is 11.2 Å². The Morgan fingerprint density at radius 2 is 2.17 bits per heavy atom. The smallest absolute Gasteiger partial charge is 0.122 e. The molecule has 0 saturated heterocycles. The molecular weight excluding hydrogens is 248 g/mol. The van der Waals surface area contributed by atoms with E-state index in [9.17, 15) is 0 Å². The van der Waals surface area contributed by atoms with Crippen molar-refractivity contribution in [2.75, 3.05) is 7.11 Å². The highest BCUT2D eigenvalue weighted by atomic mass is 35.5. The van der Waals surface area contributed by atoms with Gasteiger partial charge in [0.15, 0.2) is 0 Å². The van der Waals surface area contributed by atoms with Gasteiger partial charge in [-0.05, 0) is 42.3 Å². The molecule has 3 nitrogen and oxygen atoms in total. The largest absolute Gasteiger partial charge is 0.496 e. The lowest BCUT2D eigenvalue weighted by Crippen LogP contribution is -2.15. The second-order valence-electron chi connectivity index (χ2n) is 4.02. The molecule has 18 heavy (non-hydrogen) atoms. The molecule has 1 atom stereocenters. The molecule has 0 fully saturated rings. The monoisotopic (exact) mass is 262 g/mol. The Labute approximate surface area is 112 Å². The predicted molar refractivity (Wildman–Crippen MR) is 72.9 cm³/mol. The third kappa shape index (κ3) is 3.00. The highest BCUT2D eigenvalue weighted by Crippen LogP contribution is 2.26. The van der Waals surface area contributed by atoms with Crippen LogP contribution in [-0.4, -0.2) is 12.1 Å². The Morgan fingerprint density at radius 1 is 1.33 bits per heavy atom. The Hall–Kier alpha value is -1.58. The number of ether oxygens (including phenoxy) is 1. The van der Waals surface area contributed by atoms with Crippen molar-refractivity contribution in [3.63, 3.8) is 0 Å².